The van der Waals surface area contributed by atoms with E-state index in [1.54, 1.807) is 4.90 Å². The topological polar surface area (TPSA) is 123 Å². The fourth-order valence-electron chi connectivity index (χ4n) is 4.86. The first-order valence-corrected chi connectivity index (χ1v) is 14.1. The highest BCUT2D eigenvalue weighted by Gasteiger charge is 2.19. The number of ether oxygens (including phenoxy) is 1. The summed E-state index contributed by atoms with van der Waals surface area (Å²) in [4.78, 5) is 41.0. The van der Waals surface area contributed by atoms with Crippen LogP contribution >= 0.6 is 0 Å². The number of anilines is 2. The van der Waals surface area contributed by atoms with E-state index in [1.165, 1.54) is 0 Å². The third-order valence-corrected chi connectivity index (χ3v) is 7.40. The molecule has 9 heteroatoms. The standard InChI is InChI=1S/C33H36N6O3/c1-21-26(6-5-7-27(21)35-30(40)23-12-14-25(15-13-23)33(2,3)4)29-36-28(37-32(34)38-29)20-22-8-10-24(11-9-22)31(41)39-16-18-42-19-17-39/h5-15H,16-20H2,1-4H3,(H,35,40)(H2,34,36,37,38). The van der Waals surface area contributed by atoms with Crippen LogP contribution in [0, 0.1) is 6.92 Å². The molecule has 0 radical (unpaired) electrons. The SMILES string of the molecule is Cc1c(NC(=O)c2ccc(C(C)(C)C)cc2)cccc1-c1nc(N)nc(Cc2ccc(C(=O)N3CCOCC3)cc2)n1. The molecule has 0 atom stereocenters. The Morgan fingerprint density at radius 3 is 2.24 bits per heavy atom. The number of carbonyl (C=O) groups excluding carboxylic acids is 2. The van der Waals surface area contributed by atoms with Gasteiger partial charge in [0.2, 0.25) is 5.95 Å². The van der Waals surface area contributed by atoms with E-state index in [1.807, 2.05) is 73.7 Å². The first kappa shape index (κ1) is 28.9. The molecule has 0 saturated carbocycles. The summed E-state index contributed by atoms with van der Waals surface area (Å²) in [6.07, 6.45) is 0.422. The Hall–Kier alpha value is -4.63. The van der Waals surface area contributed by atoms with E-state index in [0.717, 1.165) is 22.3 Å². The summed E-state index contributed by atoms with van der Waals surface area (Å²) in [5, 5.41) is 3.02. The number of benzene rings is 3. The maximum absolute atomic E-state index is 13.0. The molecule has 42 heavy (non-hydrogen) atoms. The molecule has 2 amide bonds. The normalized spacial score (nSPS) is 13.6. The number of aromatic nitrogens is 3. The van der Waals surface area contributed by atoms with Crippen LogP contribution in [-0.4, -0.2) is 58.0 Å². The van der Waals surface area contributed by atoms with Gasteiger partial charge in [-0.15, -0.1) is 0 Å². The van der Waals surface area contributed by atoms with Crippen LogP contribution in [0.5, 0.6) is 0 Å². The Balaban J connectivity index is 1.32. The highest BCUT2D eigenvalue weighted by atomic mass is 16.5. The highest BCUT2D eigenvalue weighted by molar-refractivity contribution is 6.05. The Labute approximate surface area is 246 Å². The number of hydrogen-bond donors (Lipinski definition) is 2. The molecule has 1 fully saturated rings. The second-order valence-electron chi connectivity index (χ2n) is 11.5. The maximum Gasteiger partial charge on any atom is 0.255 e. The average Bonchev–Trinajstić information content (AvgIpc) is 2.98. The summed E-state index contributed by atoms with van der Waals surface area (Å²) < 4.78 is 5.34. The molecule has 4 aromatic rings. The van der Waals surface area contributed by atoms with E-state index in [2.05, 4.69) is 36.1 Å². The molecule has 0 aliphatic carbocycles. The number of nitrogens with one attached hydrogen (secondary N) is 1. The monoisotopic (exact) mass is 564 g/mol. The van der Waals surface area contributed by atoms with E-state index >= 15 is 0 Å². The largest absolute Gasteiger partial charge is 0.378 e. The quantitative estimate of drug-likeness (QED) is 0.336. The first-order valence-electron chi connectivity index (χ1n) is 14.1. The maximum atomic E-state index is 13.0. The zero-order valence-corrected chi connectivity index (χ0v) is 24.5. The lowest BCUT2D eigenvalue weighted by Gasteiger charge is -2.26. The van der Waals surface area contributed by atoms with Crippen molar-refractivity contribution in [2.75, 3.05) is 37.4 Å². The number of hydrogen-bond acceptors (Lipinski definition) is 7. The van der Waals surface area contributed by atoms with Gasteiger partial charge in [-0.25, -0.2) is 4.98 Å². The molecule has 0 unspecified atom stereocenters. The molecule has 1 aliphatic heterocycles. The molecule has 3 N–H and O–H groups in total. The van der Waals surface area contributed by atoms with Crippen molar-refractivity contribution in [3.8, 4) is 11.4 Å². The van der Waals surface area contributed by atoms with Gasteiger partial charge in [-0.1, -0.05) is 57.2 Å². The van der Waals surface area contributed by atoms with Gasteiger partial charge in [0.1, 0.15) is 5.82 Å². The van der Waals surface area contributed by atoms with Crippen molar-refractivity contribution >= 4 is 23.5 Å². The molecule has 1 saturated heterocycles. The predicted molar refractivity (Wildman–Crippen MR) is 163 cm³/mol. The van der Waals surface area contributed by atoms with Crippen LogP contribution in [-0.2, 0) is 16.6 Å². The van der Waals surface area contributed by atoms with Gasteiger partial charge in [0.25, 0.3) is 11.8 Å². The fourth-order valence-corrected chi connectivity index (χ4v) is 4.86. The van der Waals surface area contributed by atoms with Gasteiger partial charge in [0, 0.05) is 41.9 Å². The van der Waals surface area contributed by atoms with E-state index in [0.29, 0.717) is 61.2 Å². The van der Waals surface area contributed by atoms with E-state index in [9.17, 15) is 9.59 Å². The smallest absolute Gasteiger partial charge is 0.255 e. The van der Waals surface area contributed by atoms with Crippen molar-refractivity contribution in [2.24, 2.45) is 0 Å². The van der Waals surface area contributed by atoms with E-state index in [4.69, 9.17) is 15.5 Å². The molecule has 216 valence electrons. The van der Waals surface area contributed by atoms with Gasteiger partial charge in [0.05, 0.1) is 13.2 Å². The van der Waals surface area contributed by atoms with Gasteiger partial charge in [0.15, 0.2) is 5.82 Å². The summed E-state index contributed by atoms with van der Waals surface area (Å²) in [5.74, 6) is 0.863. The Kier molecular flexibility index (Phi) is 8.31. The number of nitrogen functional groups attached to an aromatic ring is 1. The van der Waals surface area contributed by atoms with Crippen molar-refractivity contribution in [1.29, 1.82) is 0 Å². The summed E-state index contributed by atoms with van der Waals surface area (Å²) in [6.45, 7) is 10.7. The van der Waals surface area contributed by atoms with Gasteiger partial charge in [-0.3, -0.25) is 9.59 Å². The van der Waals surface area contributed by atoms with Crippen LogP contribution < -0.4 is 11.1 Å². The Morgan fingerprint density at radius 2 is 1.57 bits per heavy atom. The van der Waals surface area contributed by atoms with Crippen LogP contribution in [0.15, 0.2) is 66.7 Å². The molecule has 0 spiro atoms. The number of nitrogens with two attached hydrogens (primary N) is 1. The minimum Gasteiger partial charge on any atom is -0.378 e. The van der Waals surface area contributed by atoms with Gasteiger partial charge in [-0.05, 0) is 59.4 Å². The van der Waals surface area contributed by atoms with Crippen molar-refractivity contribution in [3.63, 3.8) is 0 Å². The Morgan fingerprint density at radius 1 is 0.905 bits per heavy atom. The summed E-state index contributed by atoms with van der Waals surface area (Å²) in [7, 11) is 0. The molecule has 9 nitrogen and oxygen atoms in total. The number of nitrogens with zero attached hydrogens (tertiary/aromatic N) is 4. The molecule has 2 heterocycles. The lowest BCUT2D eigenvalue weighted by molar-refractivity contribution is 0.0303. The number of morpholine rings is 1. The molecule has 3 aromatic carbocycles. The second kappa shape index (κ2) is 12.1. The summed E-state index contributed by atoms with van der Waals surface area (Å²) in [6, 6.07) is 20.7. The number of amides is 2. The van der Waals surface area contributed by atoms with Crippen LogP contribution in [0.25, 0.3) is 11.4 Å². The van der Waals surface area contributed by atoms with Crippen molar-refractivity contribution in [1.82, 2.24) is 19.9 Å². The fraction of sp³-hybridized carbons (Fsp3) is 0.303. The zero-order chi connectivity index (χ0) is 29.9. The van der Waals surface area contributed by atoms with Gasteiger partial charge >= 0.3 is 0 Å². The summed E-state index contributed by atoms with van der Waals surface area (Å²) in [5.41, 5.74) is 11.7. The van der Waals surface area contributed by atoms with Crippen LogP contribution in [0.3, 0.4) is 0 Å². The number of rotatable bonds is 6. The zero-order valence-electron chi connectivity index (χ0n) is 24.5. The van der Waals surface area contributed by atoms with Gasteiger partial charge in [-0.2, -0.15) is 9.97 Å². The van der Waals surface area contributed by atoms with Crippen molar-refractivity contribution < 1.29 is 14.3 Å². The first-order chi connectivity index (χ1) is 20.1. The Bertz CT molecular complexity index is 1590. The molecule has 5 rings (SSSR count). The third kappa shape index (κ3) is 6.63. The van der Waals surface area contributed by atoms with E-state index < -0.39 is 0 Å². The summed E-state index contributed by atoms with van der Waals surface area (Å²) >= 11 is 0. The van der Waals surface area contributed by atoms with Crippen LogP contribution in [0.2, 0.25) is 0 Å². The van der Waals surface area contributed by atoms with Crippen molar-refractivity contribution in [2.45, 2.75) is 39.5 Å². The van der Waals surface area contributed by atoms with Gasteiger partial charge < -0.3 is 20.7 Å². The lowest BCUT2D eigenvalue weighted by atomic mass is 9.86. The molecule has 1 aromatic heterocycles. The molecular weight excluding hydrogens is 528 g/mol. The average molecular weight is 565 g/mol. The highest BCUT2D eigenvalue weighted by Crippen LogP contribution is 2.28. The predicted octanol–water partition coefficient (Wildman–Crippen LogP) is 5.04. The number of carbonyl (C=O) groups is 2. The van der Waals surface area contributed by atoms with Crippen molar-refractivity contribution in [3.05, 3.63) is 100 Å². The third-order valence-electron chi connectivity index (χ3n) is 7.40. The molecule has 0 bridgehead atoms. The minimum atomic E-state index is -0.192. The second-order valence-corrected chi connectivity index (χ2v) is 11.5. The molecular formula is C33H36N6O3. The molecule has 1 aliphatic rings. The van der Waals surface area contributed by atoms with Crippen LogP contribution in [0.4, 0.5) is 11.6 Å². The van der Waals surface area contributed by atoms with E-state index in [-0.39, 0.29) is 23.2 Å². The van der Waals surface area contributed by atoms with Crippen LogP contribution in [0.1, 0.15) is 64.0 Å². The minimum absolute atomic E-state index is 0.000844. The lowest BCUT2D eigenvalue weighted by Crippen LogP contribution is -2.40.